The molecule has 0 aliphatic rings. The molecule has 4 nitrogen and oxygen atoms in total. The van der Waals surface area contributed by atoms with Gasteiger partial charge in [-0.25, -0.2) is 0 Å². The molecule has 0 amide bonds. The van der Waals surface area contributed by atoms with E-state index in [2.05, 4.69) is 42.9 Å². The van der Waals surface area contributed by atoms with Crippen LogP contribution in [0.2, 0.25) is 0 Å². The monoisotopic (exact) mass is 233 g/mol. The summed E-state index contributed by atoms with van der Waals surface area (Å²) in [6, 6.07) is 8.10. The van der Waals surface area contributed by atoms with Crippen molar-refractivity contribution >= 4 is 0 Å². The molecule has 1 aromatic rings. The Hall–Kier alpha value is -1.67. The van der Waals surface area contributed by atoms with Crippen LogP contribution < -0.4 is 4.74 Å². The molecule has 1 aromatic carbocycles. The normalized spacial score (nSPS) is 10.8. The van der Waals surface area contributed by atoms with Crippen LogP contribution in [0, 0.1) is 0 Å². The topological polar surface area (TPSA) is 58.0 Å². The molecular weight excluding hydrogens is 214 g/mol. The summed E-state index contributed by atoms with van der Waals surface area (Å²) in [5.74, 6) is 0.814. The van der Waals surface area contributed by atoms with Gasteiger partial charge in [0.05, 0.1) is 13.2 Å². The Morgan fingerprint density at radius 1 is 1.29 bits per heavy atom. The van der Waals surface area contributed by atoms with Gasteiger partial charge < -0.3 is 4.74 Å². The van der Waals surface area contributed by atoms with Gasteiger partial charge in [0.25, 0.3) is 0 Å². The van der Waals surface area contributed by atoms with Crippen molar-refractivity contribution in [1.82, 2.24) is 0 Å². The zero-order valence-corrected chi connectivity index (χ0v) is 10.7. The largest absolute Gasteiger partial charge is 0.493 e. The van der Waals surface area contributed by atoms with E-state index in [1.165, 1.54) is 5.56 Å². The van der Waals surface area contributed by atoms with Gasteiger partial charge in [-0.05, 0) is 35.1 Å². The number of ether oxygens (including phenoxy) is 1. The Kier molecular flexibility index (Phi) is 4.85. The minimum atomic E-state index is 0.198. The lowest BCUT2D eigenvalue weighted by Gasteiger charge is -2.23. The van der Waals surface area contributed by atoms with E-state index >= 15 is 0 Å². The molecule has 0 aromatic heterocycles. The van der Waals surface area contributed by atoms with Crippen LogP contribution in [0.5, 0.6) is 5.75 Å². The minimum Gasteiger partial charge on any atom is -0.493 e. The van der Waals surface area contributed by atoms with Gasteiger partial charge in [0.2, 0.25) is 0 Å². The first-order valence-electron chi connectivity index (χ1n) is 5.84. The molecule has 0 aliphatic heterocycles. The molecule has 0 unspecified atom stereocenters. The van der Waals surface area contributed by atoms with Crippen molar-refractivity contribution in [1.29, 1.82) is 0 Å². The Balaban J connectivity index is 2.59. The SMILES string of the molecule is CCC(C)(C)c1ccc(OCCN=[N+]=[N-])cc1. The first-order valence-corrected chi connectivity index (χ1v) is 5.84. The molecule has 0 radical (unpaired) electrons. The number of nitrogens with zero attached hydrogens (tertiary/aromatic N) is 3. The highest BCUT2D eigenvalue weighted by Gasteiger charge is 2.17. The van der Waals surface area contributed by atoms with Gasteiger partial charge in [-0.15, -0.1) is 0 Å². The van der Waals surface area contributed by atoms with Gasteiger partial charge in [0.1, 0.15) is 5.75 Å². The van der Waals surface area contributed by atoms with E-state index < -0.39 is 0 Å². The predicted molar refractivity (Wildman–Crippen MR) is 69.3 cm³/mol. The van der Waals surface area contributed by atoms with Crippen molar-refractivity contribution in [2.75, 3.05) is 13.2 Å². The van der Waals surface area contributed by atoms with Crippen molar-refractivity contribution in [3.05, 3.63) is 40.3 Å². The van der Waals surface area contributed by atoms with E-state index in [9.17, 15) is 0 Å². The van der Waals surface area contributed by atoms with Gasteiger partial charge in [-0.1, -0.05) is 38.0 Å². The number of hydrogen-bond donors (Lipinski definition) is 0. The molecule has 17 heavy (non-hydrogen) atoms. The van der Waals surface area contributed by atoms with Gasteiger partial charge in [0.15, 0.2) is 0 Å². The molecule has 1 rings (SSSR count). The first-order chi connectivity index (χ1) is 8.10. The van der Waals surface area contributed by atoms with Crippen LogP contribution in [0.1, 0.15) is 32.8 Å². The van der Waals surface area contributed by atoms with Crippen molar-refractivity contribution in [3.8, 4) is 5.75 Å². The second-order valence-electron chi connectivity index (χ2n) is 4.56. The molecule has 0 atom stereocenters. The zero-order chi connectivity index (χ0) is 12.7. The number of azide groups is 1. The molecule has 0 saturated carbocycles. The van der Waals surface area contributed by atoms with E-state index in [0.717, 1.165) is 12.2 Å². The molecule has 0 fully saturated rings. The maximum Gasteiger partial charge on any atom is 0.119 e. The van der Waals surface area contributed by atoms with Gasteiger partial charge in [0, 0.05) is 4.91 Å². The Labute approximate surface area is 102 Å². The maximum atomic E-state index is 8.12. The molecule has 4 heteroatoms. The standard InChI is InChI=1S/C13H19N3O/c1-4-13(2,3)11-5-7-12(8-6-11)17-10-9-15-16-14/h5-8H,4,9-10H2,1-3H3. The highest BCUT2D eigenvalue weighted by atomic mass is 16.5. The lowest BCUT2D eigenvalue weighted by Crippen LogP contribution is -2.15. The first kappa shape index (κ1) is 13.4. The fraction of sp³-hybridized carbons (Fsp3) is 0.538. The average Bonchev–Trinajstić information content (AvgIpc) is 2.35. The van der Waals surface area contributed by atoms with Crippen molar-refractivity contribution in [2.24, 2.45) is 5.11 Å². The summed E-state index contributed by atoms with van der Waals surface area (Å²) < 4.78 is 5.44. The summed E-state index contributed by atoms with van der Waals surface area (Å²) in [6.07, 6.45) is 1.10. The van der Waals surface area contributed by atoms with Gasteiger partial charge in [-0.2, -0.15) is 0 Å². The predicted octanol–water partition coefficient (Wildman–Crippen LogP) is 4.06. The summed E-state index contributed by atoms with van der Waals surface area (Å²) in [6.45, 7) is 7.42. The third kappa shape index (κ3) is 4.00. The van der Waals surface area contributed by atoms with Crippen molar-refractivity contribution in [3.63, 3.8) is 0 Å². The van der Waals surface area contributed by atoms with Crippen LogP contribution in [0.15, 0.2) is 29.4 Å². The average molecular weight is 233 g/mol. The molecule has 0 N–H and O–H groups in total. The third-order valence-electron chi connectivity index (χ3n) is 3.04. The minimum absolute atomic E-state index is 0.198. The summed E-state index contributed by atoms with van der Waals surface area (Å²) in [5, 5.41) is 3.41. The zero-order valence-electron chi connectivity index (χ0n) is 10.7. The van der Waals surface area contributed by atoms with Crippen LogP contribution >= 0.6 is 0 Å². The Morgan fingerprint density at radius 3 is 2.47 bits per heavy atom. The third-order valence-corrected chi connectivity index (χ3v) is 3.04. The molecular formula is C13H19N3O. The molecule has 0 spiro atoms. The lowest BCUT2D eigenvalue weighted by atomic mass is 9.82. The summed E-state index contributed by atoms with van der Waals surface area (Å²) in [5.41, 5.74) is 9.63. The van der Waals surface area contributed by atoms with E-state index in [1.807, 2.05) is 12.1 Å². The van der Waals surface area contributed by atoms with Crippen LogP contribution in [0.25, 0.3) is 10.4 Å². The maximum absolute atomic E-state index is 8.12. The van der Waals surface area contributed by atoms with Crippen LogP contribution in [-0.4, -0.2) is 13.2 Å². The Bertz CT molecular complexity index is 392. The van der Waals surface area contributed by atoms with Gasteiger partial charge >= 0.3 is 0 Å². The number of benzene rings is 1. The van der Waals surface area contributed by atoms with Crippen LogP contribution in [0.4, 0.5) is 0 Å². The highest BCUT2D eigenvalue weighted by Crippen LogP contribution is 2.27. The van der Waals surface area contributed by atoms with Gasteiger partial charge in [-0.3, -0.25) is 0 Å². The molecule has 0 saturated heterocycles. The second-order valence-corrected chi connectivity index (χ2v) is 4.56. The van der Waals surface area contributed by atoms with Crippen LogP contribution in [0.3, 0.4) is 0 Å². The highest BCUT2D eigenvalue weighted by molar-refractivity contribution is 5.31. The van der Waals surface area contributed by atoms with E-state index in [4.69, 9.17) is 10.3 Å². The molecule has 0 bridgehead atoms. The molecule has 0 aliphatic carbocycles. The summed E-state index contributed by atoms with van der Waals surface area (Å²) >= 11 is 0. The molecule has 0 heterocycles. The lowest BCUT2D eigenvalue weighted by molar-refractivity contribution is 0.328. The van der Waals surface area contributed by atoms with E-state index in [0.29, 0.717) is 13.2 Å². The molecule has 92 valence electrons. The fourth-order valence-electron chi connectivity index (χ4n) is 1.46. The number of rotatable bonds is 6. The smallest absolute Gasteiger partial charge is 0.119 e. The quantitative estimate of drug-likeness (QED) is 0.316. The van der Waals surface area contributed by atoms with Crippen molar-refractivity contribution in [2.45, 2.75) is 32.6 Å². The Morgan fingerprint density at radius 2 is 1.94 bits per heavy atom. The van der Waals surface area contributed by atoms with Crippen molar-refractivity contribution < 1.29 is 4.74 Å². The number of hydrogen-bond acceptors (Lipinski definition) is 2. The van der Waals surface area contributed by atoms with Crippen LogP contribution in [-0.2, 0) is 5.41 Å². The summed E-state index contributed by atoms with van der Waals surface area (Å²) in [4.78, 5) is 2.67. The summed E-state index contributed by atoms with van der Waals surface area (Å²) in [7, 11) is 0. The van der Waals surface area contributed by atoms with E-state index in [1.54, 1.807) is 0 Å². The van der Waals surface area contributed by atoms with E-state index in [-0.39, 0.29) is 5.41 Å². The fourth-order valence-corrected chi connectivity index (χ4v) is 1.46. The second kappa shape index (κ2) is 6.16.